The molecule has 1 saturated heterocycles. The van der Waals surface area contributed by atoms with Crippen molar-refractivity contribution < 1.29 is 19.1 Å². The van der Waals surface area contributed by atoms with Gasteiger partial charge >= 0.3 is 6.03 Å². The highest BCUT2D eigenvalue weighted by Gasteiger charge is 2.29. The lowest BCUT2D eigenvalue weighted by Gasteiger charge is -2.24. The summed E-state index contributed by atoms with van der Waals surface area (Å²) in [5.74, 6) is 1.22. The number of urea groups is 1. The van der Waals surface area contributed by atoms with Crippen LogP contribution in [0, 0.1) is 0 Å². The van der Waals surface area contributed by atoms with Crippen molar-refractivity contribution in [2.24, 2.45) is 0 Å². The molecule has 3 rings (SSSR count). The van der Waals surface area contributed by atoms with Gasteiger partial charge in [-0.25, -0.2) is 4.79 Å². The fourth-order valence-electron chi connectivity index (χ4n) is 3.07. The van der Waals surface area contributed by atoms with Gasteiger partial charge in [0, 0.05) is 12.6 Å². The number of nitrogens with one attached hydrogen (secondary N) is 2. The normalized spacial score (nSPS) is 19.6. The molecule has 0 saturated carbocycles. The Balaban J connectivity index is 1.63. The van der Waals surface area contributed by atoms with E-state index in [1.807, 2.05) is 18.2 Å². The molecule has 1 atom stereocenters. The second kappa shape index (κ2) is 6.87. The number of rotatable bonds is 4. The number of hydrogen-bond acceptors (Lipinski definition) is 5. The van der Waals surface area contributed by atoms with Crippen molar-refractivity contribution in [3.05, 3.63) is 23.8 Å². The summed E-state index contributed by atoms with van der Waals surface area (Å²) in [7, 11) is 0. The van der Waals surface area contributed by atoms with Gasteiger partial charge in [0.2, 0.25) is 12.7 Å². The molecule has 1 unspecified atom stereocenters. The number of nitrogens with zero attached hydrogens (tertiary/aromatic N) is 1. The monoisotopic (exact) mass is 319 g/mol. The fraction of sp³-hybridized carbons (Fsp3) is 0.500. The van der Waals surface area contributed by atoms with Gasteiger partial charge in [-0.1, -0.05) is 6.07 Å². The van der Waals surface area contributed by atoms with Crippen LogP contribution in [0.2, 0.25) is 0 Å². The molecule has 2 heterocycles. The maximum absolute atomic E-state index is 12.0. The van der Waals surface area contributed by atoms with Gasteiger partial charge in [0.1, 0.15) is 0 Å². The zero-order chi connectivity index (χ0) is 16.2. The molecule has 0 spiro atoms. The summed E-state index contributed by atoms with van der Waals surface area (Å²) in [4.78, 5) is 25.5. The molecule has 0 bridgehead atoms. The van der Waals surface area contributed by atoms with E-state index in [-0.39, 0.29) is 25.3 Å². The summed E-state index contributed by atoms with van der Waals surface area (Å²) in [5, 5.41) is 4.90. The van der Waals surface area contributed by atoms with Crippen LogP contribution in [-0.2, 0) is 4.79 Å². The van der Waals surface area contributed by atoms with Crippen LogP contribution >= 0.6 is 0 Å². The molecule has 1 fully saturated rings. The molecule has 0 radical (unpaired) electrons. The lowest BCUT2D eigenvalue weighted by atomic mass is 10.0. The minimum atomic E-state index is -0.448. The molecule has 2 aliphatic rings. The summed E-state index contributed by atoms with van der Waals surface area (Å²) < 4.78 is 10.8. The number of carbonyl (C=O) groups is 2. The van der Waals surface area contributed by atoms with Crippen LogP contribution in [0.15, 0.2) is 18.2 Å². The van der Waals surface area contributed by atoms with E-state index >= 15 is 0 Å². The van der Waals surface area contributed by atoms with Crippen molar-refractivity contribution in [3.63, 3.8) is 0 Å². The third-order valence-corrected chi connectivity index (χ3v) is 4.08. The van der Waals surface area contributed by atoms with Crippen LogP contribution < -0.4 is 20.1 Å². The molecule has 2 aliphatic heterocycles. The first-order valence-electron chi connectivity index (χ1n) is 7.88. The lowest BCUT2D eigenvalue weighted by Crippen LogP contribution is -2.44. The molecule has 0 aliphatic carbocycles. The Morgan fingerprint density at radius 3 is 2.96 bits per heavy atom. The smallest absolute Gasteiger partial charge is 0.321 e. The van der Waals surface area contributed by atoms with E-state index in [0.717, 1.165) is 36.4 Å². The average Bonchev–Trinajstić information content (AvgIpc) is 3.14. The standard InChI is InChI=1S/C16H21N3O4/c1-2-17-16(21)18-15(20)9-19-7-3-4-12(19)11-5-6-13-14(8-11)23-10-22-13/h5-6,8,12H,2-4,7,9-10H2,1H3,(H2,17,18,20,21). The van der Waals surface area contributed by atoms with Crippen molar-refractivity contribution in [1.82, 2.24) is 15.5 Å². The van der Waals surface area contributed by atoms with E-state index in [9.17, 15) is 9.59 Å². The van der Waals surface area contributed by atoms with Gasteiger partial charge in [-0.05, 0) is 44.0 Å². The number of likely N-dealkylation sites (tertiary alicyclic amines) is 1. The second-order valence-electron chi connectivity index (χ2n) is 5.65. The molecule has 3 amide bonds. The second-order valence-corrected chi connectivity index (χ2v) is 5.65. The largest absolute Gasteiger partial charge is 0.454 e. The van der Waals surface area contributed by atoms with Gasteiger partial charge in [0.15, 0.2) is 11.5 Å². The summed E-state index contributed by atoms with van der Waals surface area (Å²) in [6.45, 7) is 3.59. The van der Waals surface area contributed by atoms with E-state index < -0.39 is 6.03 Å². The molecule has 7 heteroatoms. The van der Waals surface area contributed by atoms with Crippen molar-refractivity contribution in [3.8, 4) is 11.5 Å². The van der Waals surface area contributed by atoms with Crippen LogP contribution in [0.3, 0.4) is 0 Å². The third-order valence-electron chi connectivity index (χ3n) is 4.08. The lowest BCUT2D eigenvalue weighted by molar-refractivity contribution is -0.121. The predicted octanol–water partition coefficient (Wildman–Crippen LogP) is 1.40. The highest BCUT2D eigenvalue weighted by atomic mass is 16.7. The Kier molecular flexibility index (Phi) is 4.66. The average molecular weight is 319 g/mol. The van der Waals surface area contributed by atoms with E-state index in [1.165, 1.54) is 0 Å². The van der Waals surface area contributed by atoms with E-state index in [0.29, 0.717) is 6.54 Å². The first-order chi connectivity index (χ1) is 11.2. The predicted molar refractivity (Wildman–Crippen MR) is 83.3 cm³/mol. The van der Waals surface area contributed by atoms with Crippen molar-refractivity contribution >= 4 is 11.9 Å². The molecule has 124 valence electrons. The highest BCUT2D eigenvalue weighted by Crippen LogP contribution is 2.38. The van der Waals surface area contributed by atoms with Gasteiger partial charge in [0.05, 0.1) is 6.54 Å². The summed E-state index contributed by atoms with van der Waals surface area (Å²) in [6, 6.07) is 5.61. The van der Waals surface area contributed by atoms with Crippen molar-refractivity contribution in [2.45, 2.75) is 25.8 Å². The molecule has 0 aromatic heterocycles. The van der Waals surface area contributed by atoms with Gasteiger partial charge in [0.25, 0.3) is 0 Å². The summed E-state index contributed by atoms with van der Waals surface area (Å²) in [5.41, 5.74) is 1.11. The Morgan fingerprint density at radius 1 is 1.30 bits per heavy atom. The summed E-state index contributed by atoms with van der Waals surface area (Å²) in [6.07, 6.45) is 2.00. The fourth-order valence-corrected chi connectivity index (χ4v) is 3.07. The Morgan fingerprint density at radius 2 is 2.13 bits per heavy atom. The minimum absolute atomic E-state index is 0.157. The van der Waals surface area contributed by atoms with Crippen molar-refractivity contribution in [1.29, 1.82) is 0 Å². The Bertz CT molecular complexity index is 605. The van der Waals surface area contributed by atoms with E-state index in [1.54, 1.807) is 6.92 Å². The van der Waals surface area contributed by atoms with E-state index in [2.05, 4.69) is 15.5 Å². The first kappa shape index (κ1) is 15.6. The first-order valence-corrected chi connectivity index (χ1v) is 7.88. The molecule has 2 N–H and O–H groups in total. The van der Waals surface area contributed by atoms with Crippen LogP contribution in [0.1, 0.15) is 31.4 Å². The number of fused-ring (bicyclic) bond motifs is 1. The van der Waals surface area contributed by atoms with Crippen LogP contribution in [0.5, 0.6) is 11.5 Å². The number of imide groups is 1. The number of hydrogen-bond donors (Lipinski definition) is 2. The van der Waals surface area contributed by atoms with Crippen LogP contribution in [0.25, 0.3) is 0 Å². The van der Waals surface area contributed by atoms with Crippen LogP contribution in [0.4, 0.5) is 4.79 Å². The molecule has 7 nitrogen and oxygen atoms in total. The van der Waals surface area contributed by atoms with Gasteiger partial charge in [-0.3, -0.25) is 15.0 Å². The number of benzene rings is 1. The molecule has 1 aromatic rings. The van der Waals surface area contributed by atoms with Crippen molar-refractivity contribution in [2.75, 3.05) is 26.4 Å². The summed E-state index contributed by atoms with van der Waals surface area (Å²) >= 11 is 0. The van der Waals surface area contributed by atoms with Gasteiger partial charge < -0.3 is 14.8 Å². The number of carbonyl (C=O) groups excluding carboxylic acids is 2. The number of ether oxygens (including phenoxy) is 2. The number of amides is 3. The van der Waals surface area contributed by atoms with Gasteiger partial charge in [-0.15, -0.1) is 0 Å². The zero-order valence-electron chi connectivity index (χ0n) is 13.1. The zero-order valence-corrected chi connectivity index (χ0v) is 13.1. The topological polar surface area (TPSA) is 79.9 Å². The Labute approximate surface area is 134 Å². The molecular weight excluding hydrogens is 298 g/mol. The van der Waals surface area contributed by atoms with Gasteiger partial charge in [-0.2, -0.15) is 0 Å². The SMILES string of the molecule is CCNC(=O)NC(=O)CN1CCCC1c1ccc2c(c1)OCO2. The molecule has 1 aromatic carbocycles. The maximum atomic E-state index is 12.0. The molecule has 23 heavy (non-hydrogen) atoms. The van der Waals surface area contributed by atoms with Crippen LogP contribution in [-0.4, -0.2) is 43.3 Å². The Hall–Kier alpha value is -2.28. The van der Waals surface area contributed by atoms with E-state index in [4.69, 9.17) is 9.47 Å². The third kappa shape index (κ3) is 3.56. The molecular formula is C16H21N3O4. The quantitative estimate of drug-likeness (QED) is 0.877. The minimum Gasteiger partial charge on any atom is -0.454 e. The maximum Gasteiger partial charge on any atom is 0.321 e. The highest BCUT2D eigenvalue weighted by molar-refractivity contribution is 5.95.